The molecule has 4 rings (SSSR count). The Morgan fingerprint density at radius 2 is 1.73 bits per heavy atom. The second-order valence-corrected chi connectivity index (χ2v) is 9.11. The smallest absolute Gasteiger partial charge is 0.493 e. The summed E-state index contributed by atoms with van der Waals surface area (Å²) in [5, 5.41) is 5.17. The summed E-state index contributed by atoms with van der Waals surface area (Å²) in [6.45, 7) is 5.88. The number of aryl methyl sites for hydroxylation is 1. The molecule has 0 aliphatic heterocycles. The molecule has 0 atom stereocenters. The summed E-state index contributed by atoms with van der Waals surface area (Å²) in [6, 6.07) is 5.26. The molecular formula is C25H18ClF6N5O7. The Bertz CT molecular complexity index is 1820. The lowest BCUT2D eigenvalue weighted by atomic mass is 10.1. The highest BCUT2D eigenvalue weighted by molar-refractivity contribution is 6.33. The summed E-state index contributed by atoms with van der Waals surface area (Å²) < 4.78 is 92.2. The minimum Gasteiger partial charge on any atom is -0.494 e. The normalized spacial score (nSPS) is 11.8. The molecule has 2 aromatic heterocycles. The van der Waals surface area contributed by atoms with Gasteiger partial charge >= 0.3 is 30.0 Å². The van der Waals surface area contributed by atoms with Gasteiger partial charge in [0.2, 0.25) is 5.95 Å². The number of esters is 1. The molecule has 0 aliphatic rings. The zero-order valence-corrected chi connectivity index (χ0v) is 23.2. The number of hydrogen-bond donors (Lipinski definition) is 2. The largest absolute Gasteiger partial charge is 0.494 e. The first-order valence-corrected chi connectivity index (χ1v) is 12.4. The number of hydrogen-bond acceptors (Lipinski definition) is 11. The molecule has 0 spiro atoms. The van der Waals surface area contributed by atoms with Crippen molar-refractivity contribution in [1.82, 2.24) is 14.7 Å². The zero-order valence-electron chi connectivity index (χ0n) is 22.4. The van der Waals surface area contributed by atoms with E-state index in [-0.39, 0.29) is 16.8 Å². The molecule has 44 heavy (non-hydrogen) atoms. The van der Waals surface area contributed by atoms with Crippen molar-refractivity contribution >= 4 is 57.8 Å². The number of aromatic nitrogens is 3. The number of nitrogens with zero attached hydrogens (tertiary/aromatic N) is 3. The maximum atomic E-state index is 13.1. The Morgan fingerprint density at radius 3 is 2.36 bits per heavy atom. The monoisotopic (exact) mass is 649 g/mol. The van der Waals surface area contributed by atoms with E-state index >= 15 is 0 Å². The predicted octanol–water partition coefficient (Wildman–Crippen LogP) is 5.53. The zero-order chi connectivity index (χ0) is 32.6. The van der Waals surface area contributed by atoms with Crippen molar-refractivity contribution < 1.29 is 54.7 Å². The maximum absolute atomic E-state index is 13.1. The molecule has 2 heterocycles. The lowest BCUT2D eigenvalue weighted by Crippen LogP contribution is -2.37. The third-order valence-corrected chi connectivity index (χ3v) is 5.94. The van der Waals surface area contributed by atoms with Gasteiger partial charge < -0.3 is 29.4 Å². The molecule has 0 saturated carbocycles. The van der Waals surface area contributed by atoms with Gasteiger partial charge in [0.25, 0.3) is 0 Å². The van der Waals surface area contributed by atoms with Crippen molar-refractivity contribution in [2.24, 2.45) is 0 Å². The van der Waals surface area contributed by atoms with Crippen molar-refractivity contribution in [3.05, 3.63) is 57.2 Å². The summed E-state index contributed by atoms with van der Waals surface area (Å²) >= 11 is 6.17. The average Bonchev–Trinajstić information content (AvgIpc) is 3.24. The van der Waals surface area contributed by atoms with Gasteiger partial charge in [-0.1, -0.05) is 16.3 Å². The van der Waals surface area contributed by atoms with Crippen LogP contribution in [0.1, 0.15) is 18.1 Å². The molecule has 0 aliphatic carbocycles. The second-order valence-electron chi connectivity index (χ2n) is 8.70. The van der Waals surface area contributed by atoms with Crippen LogP contribution in [0.4, 0.5) is 49.5 Å². The van der Waals surface area contributed by atoms with Gasteiger partial charge in [-0.05, 0) is 50.1 Å². The first-order chi connectivity index (χ1) is 20.5. The highest BCUT2D eigenvalue weighted by Crippen LogP contribution is 2.38. The van der Waals surface area contributed by atoms with Crippen LogP contribution in [0, 0.1) is 13.8 Å². The molecule has 0 fully saturated rings. The van der Waals surface area contributed by atoms with Crippen LogP contribution in [0.15, 0.2) is 39.7 Å². The number of benzene rings is 2. The SMILES string of the molecule is CCOc1cc(Nc2ncc(Cl)c(Nc3ccc4oc(=O)n(OC(=O)C(F)(F)F)c4c3OC(=O)C(F)(F)F)n2)cc(C)c1C. The Kier molecular flexibility index (Phi) is 8.67. The van der Waals surface area contributed by atoms with Crippen LogP contribution in [0.5, 0.6) is 11.5 Å². The Balaban J connectivity index is 1.80. The Morgan fingerprint density at radius 1 is 1.05 bits per heavy atom. The molecule has 0 amide bonds. The number of anilines is 4. The van der Waals surface area contributed by atoms with Gasteiger partial charge in [0.15, 0.2) is 22.7 Å². The molecule has 0 radical (unpaired) electrons. The molecule has 2 aromatic carbocycles. The fourth-order valence-corrected chi connectivity index (χ4v) is 3.74. The van der Waals surface area contributed by atoms with Crippen LogP contribution in [0.2, 0.25) is 5.02 Å². The minimum atomic E-state index is -5.63. The van der Waals surface area contributed by atoms with E-state index in [0.717, 1.165) is 29.5 Å². The van der Waals surface area contributed by atoms with Gasteiger partial charge in [-0.3, -0.25) is 0 Å². The van der Waals surface area contributed by atoms with E-state index in [1.54, 1.807) is 19.1 Å². The number of oxazole rings is 1. The van der Waals surface area contributed by atoms with Gasteiger partial charge in [-0.2, -0.15) is 31.3 Å². The molecule has 4 aromatic rings. The average molecular weight is 650 g/mol. The quantitative estimate of drug-likeness (QED) is 0.141. The number of ether oxygens (including phenoxy) is 2. The topological polar surface area (TPSA) is 147 Å². The molecule has 2 N–H and O–H groups in total. The van der Waals surface area contributed by atoms with Gasteiger partial charge in [0.1, 0.15) is 10.8 Å². The van der Waals surface area contributed by atoms with E-state index in [4.69, 9.17) is 16.3 Å². The van der Waals surface area contributed by atoms with Crippen LogP contribution >= 0.6 is 11.6 Å². The molecular weight excluding hydrogens is 632 g/mol. The van der Waals surface area contributed by atoms with E-state index in [1.807, 2.05) is 13.8 Å². The van der Waals surface area contributed by atoms with Gasteiger partial charge in [-0.15, -0.1) is 0 Å². The molecule has 0 bridgehead atoms. The summed E-state index contributed by atoms with van der Waals surface area (Å²) in [7, 11) is 0. The third-order valence-electron chi connectivity index (χ3n) is 5.67. The summed E-state index contributed by atoms with van der Waals surface area (Å²) in [6.07, 6.45) is -10.1. The molecule has 19 heteroatoms. The first kappa shape index (κ1) is 31.9. The van der Waals surface area contributed by atoms with E-state index in [1.165, 1.54) is 0 Å². The predicted molar refractivity (Wildman–Crippen MR) is 140 cm³/mol. The number of alkyl halides is 6. The van der Waals surface area contributed by atoms with Crippen molar-refractivity contribution in [3.8, 4) is 11.5 Å². The van der Waals surface area contributed by atoms with E-state index in [0.29, 0.717) is 18.0 Å². The number of carbonyl (C=O) groups excluding carboxylic acids is 2. The van der Waals surface area contributed by atoms with Gasteiger partial charge in [0.05, 0.1) is 18.5 Å². The summed E-state index contributed by atoms with van der Waals surface area (Å²) in [5.74, 6) is -8.56. The van der Waals surface area contributed by atoms with Gasteiger partial charge in [-0.25, -0.2) is 19.4 Å². The van der Waals surface area contributed by atoms with Crippen molar-refractivity contribution in [2.45, 2.75) is 33.1 Å². The lowest BCUT2D eigenvalue weighted by molar-refractivity contribution is -0.200. The lowest BCUT2D eigenvalue weighted by Gasteiger charge is -2.16. The van der Waals surface area contributed by atoms with Crippen LogP contribution in [-0.4, -0.2) is 45.6 Å². The number of halogens is 7. The van der Waals surface area contributed by atoms with Gasteiger partial charge in [0, 0.05) is 11.8 Å². The second kappa shape index (κ2) is 11.9. The standard InChI is InChI=1S/C25H18ClF6N5O7/c1-4-41-16-8-12(7-10(2)11(16)3)34-22-33-9-13(26)19(36-22)35-14-5-6-15-17(18(14)43-20(38)24(27,28)29)37(23(40)42-15)44-21(39)25(30,31)32/h5-9H,4H2,1-3H3,(H2,33,34,35,36). The van der Waals surface area contributed by atoms with Crippen LogP contribution in [0.3, 0.4) is 0 Å². The molecule has 0 saturated heterocycles. The van der Waals surface area contributed by atoms with Crippen molar-refractivity contribution in [2.75, 3.05) is 17.2 Å². The molecule has 0 unspecified atom stereocenters. The Hall–Kier alpha value is -5.00. The minimum absolute atomic E-state index is 0.0863. The summed E-state index contributed by atoms with van der Waals surface area (Å²) in [5.41, 5.74) is -0.155. The number of carbonyl (C=O) groups is 2. The van der Waals surface area contributed by atoms with Crippen LogP contribution in [-0.2, 0) is 9.59 Å². The van der Waals surface area contributed by atoms with E-state index < -0.39 is 57.3 Å². The Labute approximate surface area is 246 Å². The maximum Gasteiger partial charge on any atom is 0.493 e. The van der Waals surface area contributed by atoms with E-state index in [9.17, 15) is 40.7 Å². The first-order valence-electron chi connectivity index (χ1n) is 12.1. The number of rotatable bonds is 8. The third kappa shape index (κ3) is 6.80. The number of fused-ring (bicyclic) bond motifs is 1. The van der Waals surface area contributed by atoms with Crippen molar-refractivity contribution in [3.63, 3.8) is 0 Å². The highest BCUT2D eigenvalue weighted by atomic mass is 35.5. The highest BCUT2D eigenvalue weighted by Gasteiger charge is 2.44. The van der Waals surface area contributed by atoms with E-state index in [2.05, 4.69) is 34.6 Å². The molecule has 234 valence electrons. The van der Waals surface area contributed by atoms with Crippen LogP contribution in [0.25, 0.3) is 11.1 Å². The summed E-state index contributed by atoms with van der Waals surface area (Å²) in [4.78, 5) is 47.6. The van der Waals surface area contributed by atoms with Crippen LogP contribution < -0.4 is 30.7 Å². The molecule has 12 nitrogen and oxygen atoms in total. The number of nitrogens with one attached hydrogen (secondary N) is 2. The van der Waals surface area contributed by atoms with Crippen molar-refractivity contribution in [1.29, 1.82) is 0 Å². The fourth-order valence-electron chi connectivity index (χ4n) is 3.60. The fraction of sp³-hybridized carbons (Fsp3) is 0.240.